The molecule has 4 rings (SSSR count). The fourth-order valence-corrected chi connectivity index (χ4v) is 2.53. The van der Waals surface area contributed by atoms with Gasteiger partial charge in [-0.2, -0.15) is 4.98 Å². The molecule has 0 aliphatic rings. The Balaban J connectivity index is 1.66. The molecule has 0 aliphatic heterocycles. The molecule has 0 amide bonds. The lowest BCUT2D eigenvalue weighted by molar-refractivity contribution is 0.369. The Morgan fingerprint density at radius 2 is 1.96 bits per heavy atom. The van der Waals surface area contributed by atoms with Crippen molar-refractivity contribution in [3.63, 3.8) is 0 Å². The molecule has 4 aromatic rings. The highest BCUT2D eigenvalue weighted by Crippen LogP contribution is 2.16. The Bertz CT molecular complexity index is 1120. The minimum atomic E-state index is -0.434. The average molecular weight is 336 g/mol. The van der Waals surface area contributed by atoms with E-state index in [0.29, 0.717) is 22.6 Å². The van der Waals surface area contributed by atoms with E-state index in [1.807, 2.05) is 31.2 Å². The van der Waals surface area contributed by atoms with E-state index in [0.717, 1.165) is 11.1 Å². The van der Waals surface area contributed by atoms with Crippen LogP contribution in [0, 0.1) is 12.7 Å². The number of hydrogen-bond acceptors (Lipinski definition) is 5. The fourth-order valence-electron chi connectivity index (χ4n) is 2.53. The number of nitrogens with zero attached hydrogens (tertiary/aromatic N) is 4. The van der Waals surface area contributed by atoms with Gasteiger partial charge in [-0.3, -0.25) is 9.36 Å². The van der Waals surface area contributed by atoms with Gasteiger partial charge >= 0.3 is 0 Å². The maximum Gasteiger partial charge on any atom is 0.261 e. The first-order valence-corrected chi connectivity index (χ1v) is 7.64. The van der Waals surface area contributed by atoms with Gasteiger partial charge in [-0.1, -0.05) is 35.0 Å². The van der Waals surface area contributed by atoms with Crippen molar-refractivity contribution >= 4 is 10.9 Å². The Morgan fingerprint density at radius 1 is 1.16 bits per heavy atom. The monoisotopic (exact) mass is 336 g/mol. The normalized spacial score (nSPS) is 11.1. The molecule has 2 aromatic carbocycles. The summed E-state index contributed by atoms with van der Waals surface area (Å²) in [4.78, 5) is 20.9. The van der Waals surface area contributed by atoms with Crippen LogP contribution in [0.5, 0.6) is 0 Å². The summed E-state index contributed by atoms with van der Waals surface area (Å²) >= 11 is 0. The van der Waals surface area contributed by atoms with Crippen LogP contribution in [-0.4, -0.2) is 19.7 Å². The summed E-state index contributed by atoms with van der Waals surface area (Å²) in [6.07, 6.45) is 1.35. The van der Waals surface area contributed by atoms with Crippen molar-refractivity contribution in [2.45, 2.75) is 13.5 Å². The largest absolute Gasteiger partial charge is 0.337 e. The number of fused-ring (bicyclic) bond motifs is 1. The van der Waals surface area contributed by atoms with Crippen LogP contribution in [0.2, 0.25) is 0 Å². The lowest BCUT2D eigenvalue weighted by atomic mass is 10.1. The van der Waals surface area contributed by atoms with Crippen LogP contribution in [-0.2, 0) is 6.54 Å². The van der Waals surface area contributed by atoms with Gasteiger partial charge in [0.05, 0.1) is 17.2 Å². The molecule has 2 aromatic heterocycles. The molecule has 25 heavy (non-hydrogen) atoms. The Hall–Kier alpha value is -3.35. The van der Waals surface area contributed by atoms with Crippen LogP contribution in [0.15, 0.2) is 58.1 Å². The predicted octanol–water partition coefficient (Wildman–Crippen LogP) is 2.94. The Labute approximate surface area is 141 Å². The van der Waals surface area contributed by atoms with Crippen LogP contribution >= 0.6 is 0 Å². The zero-order valence-electron chi connectivity index (χ0n) is 13.3. The number of aryl methyl sites for hydroxylation is 1. The van der Waals surface area contributed by atoms with E-state index >= 15 is 0 Å². The summed E-state index contributed by atoms with van der Waals surface area (Å²) in [5.41, 5.74) is 1.99. The van der Waals surface area contributed by atoms with Crippen LogP contribution in [0.3, 0.4) is 0 Å². The third kappa shape index (κ3) is 2.91. The van der Waals surface area contributed by atoms with E-state index in [9.17, 15) is 9.18 Å². The lowest BCUT2D eigenvalue weighted by Gasteiger charge is -2.03. The summed E-state index contributed by atoms with van der Waals surface area (Å²) in [6.45, 7) is 2.09. The minimum absolute atomic E-state index is 0.0952. The Morgan fingerprint density at radius 3 is 2.76 bits per heavy atom. The zero-order chi connectivity index (χ0) is 17.4. The molecule has 2 heterocycles. The van der Waals surface area contributed by atoms with Gasteiger partial charge < -0.3 is 4.52 Å². The number of halogens is 1. The van der Waals surface area contributed by atoms with Gasteiger partial charge in [0.15, 0.2) is 0 Å². The molecule has 6 nitrogen and oxygen atoms in total. The highest BCUT2D eigenvalue weighted by Gasteiger charge is 2.11. The third-order valence-corrected chi connectivity index (χ3v) is 3.87. The average Bonchev–Trinajstić information content (AvgIpc) is 3.06. The minimum Gasteiger partial charge on any atom is -0.337 e. The summed E-state index contributed by atoms with van der Waals surface area (Å²) < 4.78 is 19.8. The van der Waals surface area contributed by atoms with E-state index in [2.05, 4.69) is 15.1 Å². The topological polar surface area (TPSA) is 73.8 Å². The molecular weight excluding hydrogens is 323 g/mol. The first-order valence-electron chi connectivity index (χ1n) is 7.64. The number of rotatable bonds is 3. The second-order valence-corrected chi connectivity index (χ2v) is 5.72. The number of aromatic nitrogens is 4. The molecule has 0 fully saturated rings. The van der Waals surface area contributed by atoms with Crippen molar-refractivity contribution < 1.29 is 8.91 Å². The summed E-state index contributed by atoms with van der Waals surface area (Å²) in [7, 11) is 0. The molecule has 0 N–H and O–H groups in total. The molecule has 0 radical (unpaired) electrons. The van der Waals surface area contributed by atoms with E-state index < -0.39 is 5.82 Å². The molecule has 0 spiro atoms. The molecule has 0 atom stereocenters. The smallest absolute Gasteiger partial charge is 0.261 e. The third-order valence-electron chi connectivity index (χ3n) is 3.87. The van der Waals surface area contributed by atoms with Gasteiger partial charge in [-0.15, -0.1) is 0 Å². The maximum absolute atomic E-state index is 13.2. The number of benzene rings is 2. The predicted molar refractivity (Wildman–Crippen MR) is 89.5 cm³/mol. The van der Waals surface area contributed by atoms with Crippen LogP contribution in [0.4, 0.5) is 4.39 Å². The van der Waals surface area contributed by atoms with Crippen molar-refractivity contribution in [1.82, 2.24) is 19.7 Å². The molecular formula is C18H13FN4O2. The van der Waals surface area contributed by atoms with Crippen molar-refractivity contribution in [2.75, 3.05) is 0 Å². The van der Waals surface area contributed by atoms with Crippen LogP contribution < -0.4 is 5.56 Å². The highest BCUT2D eigenvalue weighted by atomic mass is 19.1. The standard InChI is InChI=1S/C18H13FN4O2/c1-11-2-4-12(5-3-11)17-21-16(25-22-17)9-23-10-20-15-8-13(19)6-7-14(15)18(23)24/h2-8,10H,9H2,1H3. The van der Waals surface area contributed by atoms with Gasteiger partial charge in [-0.25, -0.2) is 9.37 Å². The van der Waals surface area contributed by atoms with Crippen molar-refractivity contribution in [3.05, 3.63) is 76.4 Å². The van der Waals surface area contributed by atoms with Crippen molar-refractivity contribution in [2.24, 2.45) is 0 Å². The maximum atomic E-state index is 13.2. The molecule has 0 aliphatic carbocycles. The van der Waals surface area contributed by atoms with Crippen LogP contribution in [0.25, 0.3) is 22.3 Å². The molecule has 7 heteroatoms. The Kier molecular flexibility index (Phi) is 3.61. The first-order chi connectivity index (χ1) is 12.1. The quantitative estimate of drug-likeness (QED) is 0.575. The van der Waals surface area contributed by atoms with Gasteiger partial charge in [-0.05, 0) is 19.1 Å². The SMILES string of the molecule is Cc1ccc(-c2noc(Cn3cnc4cc(F)ccc4c3=O)n2)cc1. The molecule has 0 unspecified atom stereocenters. The summed E-state index contributed by atoms with van der Waals surface area (Å²) in [6, 6.07) is 11.6. The first kappa shape index (κ1) is 15.2. The molecule has 0 saturated heterocycles. The van der Waals surface area contributed by atoms with E-state index in [4.69, 9.17) is 4.52 Å². The van der Waals surface area contributed by atoms with Gasteiger partial charge in [0.25, 0.3) is 5.56 Å². The number of hydrogen-bond donors (Lipinski definition) is 0. The van der Waals surface area contributed by atoms with Gasteiger partial charge in [0.2, 0.25) is 11.7 Å². The van der Waals surface area contributed by atoms with Crippen molar-refractivity contribution in [3.8, 4) is 11.4 Å². The van der Waals surface area contributed by atoms with Gasteiger partial charge in [0.1, 0.15) is 12.4 Å². The molecule has 0 saturated carbocycles. The lowest BCUT2D eigenvalue weighted by Crippen LogP contribution is -2.21. The van der Waals surface area contributed by atoms with Crippen LogP contribution in [0.1, 0.15) is 11.5 Å². The van der Waals surface area contributed by atoms with Gasteiger partial charge in [0, 0.05) is 11.6 Å². The van der Waals surface area contributed by atoms with Crippen molar-refractivity contribution in [1.29, 1.82) is 0 Å². The second-order valence-electron chi connectivity index (χ2n) is 5.72. The zero-order valence-corrected chi connectivity index (χ0v) is 13.3. The van der Waals surface area contributed by atoms with E-state index in [-0.39, 0.29) is 12.1 Å². The molecule has 124 valence electrons. The van der Waals surface area contributed by atoms with E-state index in [1.165, 1.54) is 29.1 Å². The molecule has 0 bridgehead atoms. The second kappa shape index (κ2) is 5.94. The fraction of sp³-hybridized carbons (Fsp3) is 0.111. The summed E-state index contributed by atoms with van der Waals surface area (Å²) in [5.74, 6) is 0.316. The van der Waals surface area contributed by atoms with E-state index in [1.54, 1.807) is 0 Å². The summed E-state index contributed by atoms with van der Waals surface area (Å²) in [5, 5.41) is 4.28. The highest BCUT2D eigenvalue weighted by molar-refractivity contribution is 5.77.